The second-order valence-electron chi connectivity index (χ2n) is 5.79. The molecule has 0 bridgehead atoms. The zero-order valence-electron chi connectivity index (χ0n) is 14.9. The third-order valence-electron chi connectivity index (χ3n) is 4.15. The number of esters is 1. The highest BCUT2D eigenvalue weighted by Gasteiger charge is 2.28. The Kier molecular flexibility index (Phi) is 4.90. The van der Waals surface area contributed by atoms with E-state index in [1.54, 1.807) is 30.2 Å². The van der Waals surface area contributed by atoms with Crippen LogP contribution in [0.4, 0.5) is 0 Å². The quantitative estimate of drug-likeness (QED) is 0.690. The van der Waals surface area contributed by atoms with E-state index >= 15 is 0 Å². The van der Waals surface area contributed by atoms with Crippen LogP contribution in [0.15, 0.2) is 30.2 Å². The monoisotopic (exact) mass is 373 g/mol. The number of carbonyl (C=O) groups excluding carboxylic acids is 2. The molecule has 3 aromatic rings. The van der Waals surface area contributed by atoms with Crippen LogP contribution in [0.1, 0.15) is 33.5 Å². The molecule has 0 spiro atoms. The van der Waals surface area contributed by atoms with E-state index in [0.717, 1.165) is 16.5 Å². The van der Waals surface area contributed by atoms with Crippen molar-refractivity contribution in [2.75, 3.05) is 7.11 Å². The SMILES string of the molecule is COC(=O)[C@@H](NC(=O)c1cc(C)n(-c2nccs2)c1C)c1cncn1C. The van der Waals surface area contributed by atoms with E-state index in [1.165, 1.54) is 24.6 Å². The van der Waals surface area contributed by atoms with Crippen molar-refractivity contribution in [3.8, 4) is 5.13 Å². The molecule has 1 N–H and O–H groups in total. The molecule has 0 aliphatic carbocycles. The number of imidazole rings is 1. The molecule has 3 aromatic heterocycles. The van der Waals surface area contributed by atoms with Gasteiger partial charge in [0.25, 0.3) is 5.91 Å². The van der Waals surface area contributed by atoms with Crippen LogP contribution in [0.5, 0.6) is 0 Å². The fraction of sp³-hybridized carbons (Fsp3) is 0.294. The minimum Gasteiger partial charge on any atom is -0.467 e. The summed E-state index contributed by atoms with van der Waals surface area (Å²) in [6.45, 7) is 3.75. The lowest BCUT2D eigenvalue weighted by molar-refractivity contribution is -0.143. The zero-order chi connectivity index (χ0) is 18.8. The highest BCUT2D eigenvalue weighted by molar-refractivity contribution is 7.12. The molecule has 0 fully saturated rings. The van der Waals surface area contributed by atoms with Crippen LogP contribution in [0, 0.1) is 13.8 Å². The number of amides is 1. The van der Waals surface area contributed by atoms with Crippen molar-refractivity contribution in [3.63, 3.8) is 0 Å². The Labute approximate surface area is 154 Å². The molecule has 9 heteroatoms. The molecule has 0 aliphatic rings. The Morgan fingerprint density at radius 2 is 2.12 bits per heavy atom. The summed E-state index contributed by atoms with van der Waals surface area (Å²) in [5, 5.41) is 5.42. The fourth-order valence-electron chi connectivity index (χ4n) is 2.84. The molecule has 0 saturated heterocycles. The summed E-state index contributed by atoms with van der Waals surface area (Å²) >= 11 is 1.49. The fourth-order valence-corrected chi connectivity index (χ4v) is 3.59. The topological polar surface area (TPSA) is 91.0 Å². The van der Waals surface area contributed by atoms with Crippen LogP contribution in [0.2, 0.25) is 0 Å². The molecule has 8 nitrogen and oxygen atoms in total. The first-order valence-electron chi connectivity index (χ1n) is 7.87. The minimum absolute atomic E-state index is 0.363. The van der Waals surface area contributed by atoms with Crippen LogP contribution < -0.4 is 5.32 Å². The average Bonchev–Trinajstić information content (AvgIpc) is 3.33. The summed E-state index contributed by atoms with van der Waals surface area (Å²) in [5.41, 5.74) is 2.66. The molecule has 0 unspecified atom stereocenters. The predicted molar refractivity (Wildman–Crippen MR) is 96.3 cm³/mol. The lowest BCUT2D eigenvalue weighted by atomic mass is 10.1. The van der Waals surface area contributed by atoms with E-state index in [2.05, 4.69) is 15.3 Å². The van der Waals surface area contributed by atoms with Gasteiger partial charge in [0, 0.05) is 30.0 Å². The number of aromatic nitrogens is 4. The van der Waals surface area contributed by atoms with Crippen molar-refractivity contribution in [2.24, 2.45) is 7.05 Å². The van der Waals surface area contributed by atoms with Gasteiger partial charge in [0.05, 0.1) is 30.9 Å². The summed E-state index contributed by atoms with van der Waals surface area (Å²) in [7, 11) is 3.03. The van der Waals surface area contributed by atoms with E-state index in [-0.39, 0.29) is 5.91 Å². The molecule has 3 rings (SSSR count). The molecule has 1 atom stereocenters. The van der Waals surface area contributed by atoms with E-state index in [9.17, 15) is 9.59 Å². The smallest absolute Gasteiger partial charge is 0.334 e. The highest BCUT2D eigenvalue weighted by atomic mass is 32.1. The van der Waals surface area contributed by atoms with Crippen molar-refractivity contribution in [2.45, 2.75) is 19.9 Å². The van der Waals surface area contributed by atoms with Crippen LogP contribution in [0.25, 0.3) is 5.13 Å². The molecular weight excluding hydrogens is 354 g/mol. The van der Waals surface area contributed by atoms with Crippen molar-refractivity contribution >= 4 is 23.2 Å². The van der Waals surface area contributed by atoms with E-state index in [4.69, 9.17) is 4.74 Å². The number of thiazole rings is 1. The third kappa shape index (κ3) is 3.13. The Balaban J connectivity index is 1.93. The van der Waals surface area contributed by atoms with Gasteiger partial charge in [-0.05, 0) is 19.9 Å². The van der Waals surface area contributed by atoms with Gasteiger partial charge in [-0.15, -0.1) is 11.3 Å². The Morgan fingerprint density at radius 3 is 2.69 bits per heavy atom. The van der Waals surface area contributed by atoms with Crippen molar-refractivity contribution in [1.29, 1.82) is 0 Å². The molecule has 26 heavy (non-hydrogen) atoms. The van der Waals surface area contributed by atoms with E-state index in [1.807, 2.05) is 23.8 Å². The van der Waals surface area contributed by atoms with E-state index in [0.29, 0.717) is 11.3 Å². The highest BCUT2D eigenvalue weighted by Crippen LogP contribution is 2.23. The Hall–Kier alpha value is -2.94. The van der Waals surface area contributed by atoms with Crippen LogP contribution in [0.3, 0.4) is 0 Å². The Morgan fingerprint density at radius 1 is 1.35 bits per heavy atom. The maximum atomic E-state index is 12.9. The number of nitrogens with zero attached hydrogens (tertiary/aromatic N) is 4. The summed E-state index contributed by atoms with van der Waals surface area (Å²) in [6.07, 6.45) is 4.81. The maximum Gasteiger partial charge on any atom is 0.334 e. The summed E-state index contributed by atoms with van der Waals surface area (Å²) in [4.78, 5) is 33.3. The number of methoxy groups -OCH3 is 1. The third-order valence-corrected chi connectivity index (χ3v) is 4.90. The zero-order valence-corrected chi connectivity index (χ0v) is 15.7. The van der Waals surface area contributed by atoms with Crippen LogP contribution in [-0.2, 0) is 16.6 Å². The number of hydrogen-bond donors (Lipinski definition) is 1. The average molecular weight is 373 g/mol. The molecule has 0 aromatic carbocycles. The molecular formula is C17H19N5O3S. The first kappa shape index (κ1) is 17.9. The standard InChI is InChI=1S/C17H19N5O3S/c1-10-7-12(11(2)22(10)17-19-5-6-26-17)15(23)20-14(16(24)25-4)13-8-18-9-21(13)3/h5-9,14H,1-4H3,(H,20,23)/t14-/m0/s1. The summed E-state index contributed by atoms with van der Waals surface area (Å²) < 4.78 is 8.42. The lowest BCUT2D eigenvalue weighted by Crippen LogP contribution is -2.35. The molecule has 136 valence electrons. The first-order chi connectivity index (χ1) is 12.4. The van der Waals surface area contributed by atoms with Crippen LogP contribution >= 0.6 is 11.3 Å². The molecule has 0 saturated carbocycles. The first-order valence-corrected chi connectivity index (χ1v) is 8.75. The van der Waals surface area contributed by atoms with Gasteiger partial charge in [-0.25, -0.2) is 14.8 Å². The van der Waals surface area contributed by atoms with Crippen molar-refractivity contribution in [3.05, 3.63) is 52.8 Å². The van der Waals surface area contributed by atoms with Gasteiger partial charge < -0.3 is 14.6 Å². The second kappa shape index (κ2) is 7.12. The summed E-state index contributed by atoms with van der Waals surface area (Å²) in [6, 6.07) is 0.840. The number of nitrogens with one attached hydrogen (secondary N) is 1. The van der Waals surface area contributed by atoms with E-state index < -0.39 is 12.0 Å². The number of hydrogen-bond acceptors (Lipinski definition) is 6. The van der Waals surface area contributed by atoms with Gasteiger partial charge in [0.1, 0.15) is 0 Å². The number of carbonyl (C=O) groups is 2. The number of ether oxygens (including phenoxy) is 1. The maximum absolute atomic E-state index is 12.9. The molecule has 0 radical (unpaired) electrons. The number of aryl methyl sites for hydroxylation is 2. The van der Waals surface area contributed by atoms with Crippen LogP contribution in [-0.4, -0.2) is 38.1 Å². The van der Waals surface area contributed by atoms with Gasteiger partial charge in [0.2, 0.25) is 0 Å². The largest absolute Gasteiger partial charge is 0.467 e. The molecule has 3 heterocycles. The van der Waals surface area contributed by atoms with Crippen molar-refractivity contribution < 1.29 is 14.3 Å². The second-order valence-corrected chi connectivity index (χ2v) is 6.67. The molecule has 1 amide bonds. The van der Waals surface area contributed by atoms with Gasteiger partial charge in [0.15, 0.2) is 11.2 Å². The van der Waals surface area contributed by atoms with Gasteiger partial charge in [-0.2, -0.15) is 0 Å². The summed E-state index contributed by atoms with van der Waals surface area (Å²) in [5.74, 6) is -0.923. The van der Waals surface area contributed by atoms with Gasteiger partial charge >= 0.3 is 5.97 Å². The lowest BCUT2D eigenvalue weighted by Gasteiger charge is -2.17. The normalized spacial score (nSPS) is 12.0. The molecule has 0 aliphatic heterocycles. The number of rotatable bonds is 5. The Bertz CT molecular complexity index is 942. The van der Waals surface area contributed by atoms with Gasteiger partial charge in [-0.1, -0.05) is 0 Å². The minimum atomic E-state index is -0.942. The van der Waals surface area contributed by atoms with Gasteiger partial charge in [-0.3, -0.25) is 9.36 Å². The predicted octanol–water partition coefficient (Wildman–Crippen LogP) is 1.93. The van der Waals surface area contributed by atoms with Crippen molar-refractivity contribution in [1.82, 2.24) is 24.4 Å².